The molecule has 0 aliphatic carbocycles. The van der Waals surface area contributed by atoms with Crippen LogP contribution in [-0.2, 0) is 6.42 Å². The van der Waals surface area contributed by atoms with Gasteiger partial charge in [-0.2, -0.15) is 0 Å². The lowest BCUT2D eigenvalue weighted by Crippen LogP contribution is -2.34. The highest BCUT2D eigenvalue weighted by Crippen LogP contribution is 2.27. The minimum absolute atomic E-state index is 0.0266. The van der Waals surface area contributed by atoms with Crippen molar-refractivity contribution in [1.82, 2.24) is 19.9 Å². The van der Waals surface area contributed by atoms with Crippen LogP contribution in [0.3, 0.4) is 0 Å². The van der Waals surface area contributed by atoms with Crippen molar-refractivity contribution >= 4 is 5.91 Å². The number of carbonyl (C=O) groups excluding carboxylic acids is 1. The van der Waals surface area contributed by atoms with Gasteiger partial charge in [-0.05, 0) is 23.8 Å². The average molecular weight is 320 g/mol. The van der Waals surface area contributed by atoms with Gasteiger partial charge in [0.2, 0.25) is 0 Å². The summed E-state index contributed by atoms with van der Waals surface area (Å²) in [5.74, 6) is 1.42. The van der Waals surface area contributed by atoms with Crippen LogP contribution in [0.25, 0.3) is 5.82 Å². The van der Waals surface area contributed by atoms with Crippen molar-refractivity contribution in [3.63, 3.8) is 0 Å². The summed E-state index contributed by atoms with van der Waals surface area (Å²) in [6.07, 6.45) is 7.51. The van der Waals surface area contributed by atoms with E-state index in [1.54, 1.807) is 41.6 Å². The van der Waals surface area contributed by atoms with E-state index in [1.165, 1.54) is 5.56 Å². The third-order valence-corrected chi connectivity index (χ3v) is 3.98. The van der Waals surface area contributed by atoms with Crippen molar-refractivity contribution in [1.29, 1.82) is 0 Å². The summed E-state index contributed by atoms with van der Waals surface area (Å²) in [7, 11) is 0. The molecule has 0 unspecified atom stereocenters. The molecule has 6 nitrogen and oxygen atoms in total. The molecule has 1 aliphatic heterocycles. The third-order valence-electron chi connectivity index (χ3n) is 3.98. The molecule has 6 heteroatoms. The van der Waals surface area contributed by atoms with Crippen LogP contribution in [0, 0.1) is 0 Å². The number of hydrogen-bond acceptors (Lipinski definition) is 4. The number of para-hydroxylation sites is 1. The molecule has 0 bridgehead atoms. The maximum absolute atomic E-state index is 12.4. The van der Waals surface area contributed by atoms with E-state index in [9.17, 15) is 4.79 Å². The molecule has 120 valence electrons. The largest absolute Gasteiger partial charge is 0.488 e. The first-order chi connectivity index (χ1) is 11.8. The van der Waals surface area contributed by atoms with Crippen molar-refractivity contribution in [2.24, 2.45) is 0 Å². The highest BCUT2D eigenvalue weighted by molar-refractivity contribution is 5.94. The first kappa shape index (κ1) is 14.4. The van der Waals surface area contributed by atoms with Crippen LogP contribution in [0.4, 0.5) is 0 Å². The number of nitrogens with one attached hydrogen (secondary N) is 1. The van der Waals surface area contributed by atoms with Gasteiger partial charge in [-0.1, -0.05) is 18.2 Å². The summed E-state index contributed by atoms with van der Waals surface area (Å²) in [4.78, 5) is 20.6. The van der Waals surface area contributed by atoms with Crippen LogP contribution >= 0.6 is 0 Å². The Morgan fingerprint density at radius 1 is 1.29 bits per heavy atom. The molecule has 1 N–H and O–H groups in total. The van der Waals surface area contributed by atoms with E-state index in [-0.39, 0.29) is 12.0 Å². The fraction of sp³-hybridized carbons (Fsp3) is 0.167. The van der Waals surface area contributed by atoms with Crippen molar-refractivity contribution in [2.45, 2.75) is 12.5 Å². The van der Waals surface area contributed by atoms with Crippen LogP contribution in [-0.4, -0.2) is 33.1 Å². The SMILES string of the molecule is O=C(NC[C@H]1Cc2ccccc2O1)c1ccnc(-n2ccnc2)c1. The van der Waals surface area contributed by atoms with Gasteiger partial charge >= 0.3 is 0 Å². The molecule has 2 aromatic heterocycles. The summed E-state index contributed by atoms with van der Waals surface area (Å²) in [5.41, 5.74) is 1.74. The first-order valence-corrected chi connectivity index (χ1v) is 7.77. The van der Waals surface area contributed by atoms with E-state index in [0.717, 1.165) is 12.2 Å². The Kier molecular flexibility index (Phi) is 3.70. The third kappa shape index (κ3) is 2.86. The lowest BCUT2D eigenvalue weighted by atomic mass is 10.1. The maximum atomic E-state index is 12.4. The Balaban J connectivity index is 1.40. The van der Waals surface area contributed by atoms with E-state index in [4.69, 9.17) is 4.74 Å². The van der Waals surface area contributed by atoms with Gasteiger partial charge in [0.15, 0.2) is 0 Å². The highest BCUT2D eigenvalue weighted by Gasteiger charge is 2.22. The van der Waals surface area contributed by atoms with Crippen LogP contribution < -0.4 is 10.1 Å². The molecule has 1 aromatic carbocycles. The van der Waals surface area contributed by atoms with Gasteiger partial charge in [-0.3, -0.25) is 9.36 Å². The molecule has 0 saturated heterocycles. The summed E-state index contributed by atoms with van der Waals surface area (Å²) in [6.45, 7) is 0.468. The lowest BCUT2D eigenvalue weighted by Gasteiger charge is -2.12. The van der Waals surface area contributed by atoms with Gasteiger partial charge in [-0.15, -0.1) is 0 Å². The Bertz CT molecular complexity index is 836. The normalized spacial score (nSPS) is 15.6. The molecule has 0 saturated carbocycles. The topological polar surface area (TPSA) is 69.0 Å². The van der Waals surface area contributed by atoms with E-state index in [1.807, 2.05) is 18.2 Å². The molecular formula is C18H16N4O2. The average Bonchev–Trinajstić information content (AvgIpc) is 3.29. The predicted octanol–water partition coefficient (Wildman–Crippen LogP) is 2.00. The minimum Gasteiger partial charge on any atom is -0.488 e. The summed E-state index contributed by atoms with van der Waals surface area (Å²) in [5, 5.41) is 2.93. The second-order valence-corrected chi connectivity index (χ2v) is 5.63. The monoisotopic (exact) mass is 320 g/mol. The van der Waals surface area contributed by atoms with Crippen molar-refractivity contribution in [2.75, 3.05) is 6.54 Å². The zero-order valence-corrected chi connectivity index (χ0v) is 12.9. The Hall–Kier alpha value is -3.15. The lowest BCUT2D eigenvalue weighted by molar-refractivity contribution is 0.0933. The molecule has 3 aromatic rings. The summed E-state index contributed by atoms with van der Waals surface area (Å²) < 4.78 is 7.59. The molecule has 1 atom stereocenters. The smallest absolute Gasteiger partial charge is 0.251 e. The molecule has 24 heavy (non-hydrogen) atoms. The van der Waals surface area contributed by atoms with E-state index < -0.39 is 0 Å². The van der Waals surface area contributed by atoms with Crippen LogP contribution in [0.2, 0.25) is 0 Å². The summed E-state index contributed by atoms with van der Waals surface area (Å²) in [6, 6.07) is 11.4. The van der Waals surface area contributed by atoms with Gasteiger partial charge in [0, 0.05) is 30.6 Å². The van der Waals surface area contributed by atoms with E-state index in [2.05, 4.69) is 21.4 Å². The fourth-order valence-electron chi connectivity index (χ4n) is 2.77. The van der Waals surface area contributed by atoms with Gasteiger partial charge in [0.05, 0.1) is 6.54 Å². The van der Waals surface area contributed by atoms with E-state index >= 15 is 0 Å². The van der Waals surface area contributed by atoms with Gasteiger partial charge in [0.25, 0.3) is 5.91 Å². The van der Waals surface area contributed by atoms with Crippen molar-refractivity contribution in [3.05, 3.63) is 72.4 Å². The van der Waals surface area contributed by atoms with Gasteiger partial charge in [-0.25, -0.2) is 9.97 Å². The van der Waals surface area contributed by atoms with Gasteiger partial charge < -0.3 is 10.1 Å². The predicted molar refractivity (Wildman–Crippen MR) is 88.3 cm³/mol. The number of aromatic nitrogens is 3. The van der Waals surface area contributed by atoms with E-state index in [0.29, 0.717) is 17.9 Å². The Morgan fingerprint density at radius 3 is 3.04 bits per heavy atom. The number of nitrogens with zero attached hydrogens (tertiary/aromatic N) is 3. The van der Waals surface area contributed by atoms with Crippen molar-refractivity contribution < 1.29 is 9.53 Å². The number of hydrogen-bond donors (Lipinski definition) is 1. The number of fused-ring (bicyclic) bond motifs is 1. The number of carbonyl (C=O) groups is 1. The second-order valence-electron chi connectivity index (χ2n) is 5.63. The van der Waals surface area contributed by atoms with Crippen LogP contribution in [0.5, 0.6) is 5.75 Å². The number of amides is 1. The molecule has 0 radical (unpaired) electrons. The number of ether oxygens (including phenoxy) is 1. The quantitative estimate of drug-likeness (QED) is 0.798. The molecule has 0 fully saturated rings. The number of pyridine rings is 1. The molecule has 0 spiro atoms. The number of imidazole rings is 1. The maximum Gasteiger partial charge on any atom is 0.251 e. The highest BCUT2D eigenvalue weighted by atomic mass is 16.5. The second kappa shape index (κ2) is 6.16. The molecular weight excluding hydrogens is 304 g/mol. The standard InChI is InChI=1S/C18H16N4O2/c23-18(14-5-6-20-17(10-14)22-8-7-19-12-22)21-11-15-9-13-3-1-2-4-16(13)24-15/h1-8,10,12,15H,9,11H2,(H,21,23)/t15-/m1/s1. The van der Waals surface area contributed by atoms with Crippen LogP contribution in [0.15, 0.2) is 61.3 Å². The zero-order valence-electron chi connectivity index (χ0n) is 12.9. The fourth-order valence-corrected chi connectivity index (χ4v) is 2.77. The van der Waals surface area contributed by atoms with Gasteiger partial charge in [0.1, 0.15) is 24.0 Å². The zero-order chi connectivity index (χ0) is 16.4. The molecule has 3 heterocycles. The summed E-state index contributed by atoms with van der Waals surface area (Å²) >= 11 is 0. The molecule has 4 rings (SSSR count). The molecule has 1 amide bonds. The Morgan fingerprint density at radius 2 is 2.21 bits per heavy atom. The number of rotatable bonds is 4. The minimum atomic E-state index is -0.140. The number of benzene rings is 1. The van der Waals surface area contributed by atoms with Crippen molar-refractivity contribution in [3.8, 4) is 11.6 Å². The molecule has 1 aliphatic rings. The Labute approximate surface area is 139 Å². The van der Waals surface area contributed by atoms with Crippen LogP contribution in [0.1, 0.15) is 15.9 Å². The first-order valence-electron chi connectivity index (χ1n) is 7.77.